The molecule has 1 aromatic carbocycles. The van der Waals surface area contributed by atoms with Gasteiger partial charge in [0.2, 0.25) is 0 Å². The van der Waals surface area contributed by atoms with Gasteiger partial charge in [0.05, 0.1) is 0 Å². The molecule has 3 N–H and O–H groups in total. The van der Waals surface area contributed by atoms with Crippen LogP contribution in [-0.4, -0.2) is 42.1 Å². The van der Waals surface area contributed by atoms with E-state index in [4.69, 9.17) is 4.74 Å². The first-order valence-electron chi connectivity index (χ1n) is 7.91. The summed E-state index contributed by atoms with van der Waals surface area (Å²) in [5, 5.41) is 22.8. The first-order chi connectivity index (χ1) is 10.2. The van der Waals surface area contributed by atoms with Crippen molar-refractivity contribution in [3.63, 3.8) is 0 Å². The van der Waals surface area contributed by atoms with E-state index in [1.165, 1.54) is 12.8 Å². The van der Waals surface area contributed by atoms with Gasteiger partial charge in [-0.05, 0) is 37.3 Å². The summed E-state index contributed by atoms with van der Waals surface area (Å²) in [4.78, 5) is 0. The van der Waals surface area contributed by atoms with Crippen LogP contribution >= 0.6 is 0 Å². The van der Waals surface area contributed by atoms with E-state index < -0.39 is 6.10 Å². The van der Waals surface area contributed by atoms with Crippen LogP contribution in [0.1, 0.15) is 31.2 Å². The van der Waals surface area contributed by atoms with Crippen molar-refractivity contribution in [1.29, 1.82) is 0 Å². The average Bonchev–Trinajstić information content (AvgIpc) is 2.52. The first kappa shape index (κ1) is 16.3. The van der Waals surface area contributed by atoms with Gasteiger partial charge in [0, 0.05) is 19.2 Å². The van der Waals surface area contributed by atoms with Crippen molar-refractivity contribution in [3.8, 4) is 5.75 Å². The molecule has 0 aromatic heterocycles. The molecule has 0 aliphatic heterocycles. The van der Waals surface area contributed by atoms with Crippen molar-refractivity contribution < 1.29 is 14.9 Å². The first-order valence-corrected chi connectivity index (χ1v) is 7.91. The molecule has 0 heterocycles. The molecule has 0 bridgehead atoms. The van der Waals surface area contributed by atoms with E-state index >= 15 is 0 Å². The molecule has 1 aromatic rings. The van der Waals surface area contributed by atoms with Crippen LogP contribution in [0.5, 0.6) is 5.75 Å². The van der Waals surface area contributed by atoms with Gasteiger partial charge in [-0.1, -0.05) is 31.0 Å². The van der Waals surface area contributed by atoms with Crippen LogP contribution in [0, 0.1) is 12.8 Å². The third-order valence-corrected chi connectivity index (χ3v) is 4.28. The molecule has 1 aliphatic rings. The van der Waals surface area contributed by atoms with Crippen molar-refractivity contribution in [2.75, 3.05) is 19.8 Å². The highest BCUT2D eigenvalue weighted by molar-refractivity contribution is 5.31. The maximum atomic E-state index is 10.0. The highest BCUT2D eigenvalue weighted by atomic mass is 16.5. The lowest BCUT2D eigenvalue weighted by Crippen LogP contribution is -2.44. The SMILES string of the molecule is Cc1ccccc1OCC(O)CNC1CCCCC1CO. The van der Waals surface area contributed by atoms with Gasteiger partial charge in [0.15, 0.2) is 0 Å². The zero-order valence-corrected chi connectivity index (χ0v) is 12.8. The van der Waals surface area contributed by atoms with Crippen molar-refractivity contribution >= 4 is 0 Å². The topological polar surface area (TPSA) is 61.7 Å². The Kier molecular flexibility index (Phi) is 6.49. The molecular weight excluding hydrogens is 266 g/mol. The van der Waals surface area contributed by atoms with Crippen molar-refractivity contribution in [2.24, 2.45) is 5.92 Å². The third-order valence-electron chi connectivity index (χ3n) is 4.28. The maximum Gasteiger partial charge on any atom is 0.122 e. The van der Waals surface area contributed by atoms with Crippen LogP contribution in [0.15, 0.2) is 24.3 Å². The van der Waals surface area contributed by atoms with E-state index in [2.05, 4.69) is 5.32 Å². The highest BCUT2D eigenvalue weighted by Crippen LogP contribution is 2.23. The minimum Gasteiger partial charge on any atom is -0.491 e. The van der Waals surface area contributed by atoms with Crippen molar-refractivity contribution in [3.05, 3.63) is 29.8 Å². The Morgan fingerprint density at radius 3 is 2.81 bits per heavy atom. The van der Waals surface area contributed by atoms with E-state index in [0.717, 1.165) is 24.2 Å². The zero-order chi connectivity index (χ0) is 15.1. The summed E-state index contributed by atoms with van der Waals surface area (Å²) in [7, 11) is 0. The molecule has 1 fully saturated rings. The second-order valence-corrected chi connectivity index (χ2v) is 5.97. The van der Waals surface area contributed by atoms with Gasteiger partial charge in [0.1, 0.15) is 18.5 Å². The molecule has 3 unspecified atom stereocenters. The fraction of sp³-hybridized carbons (Fsp3) is 0.647. The minimum atomic E-state index is -0.536. The smallest absolute Gasteiger partial charge is 0.122 e. The average molecular weight is 293 g/mol. The second kappa shape index (κ2) is 8.37. The monoisotopic (exact) mass is 293 g/mol. The molecule has 4 nitrogen and oxygen atoms in total. The molecule has 2 rings (SSSR count). The minimum absolute atomic E-state index is 0.230. The molecule has 0 spiro atoms. The fourth-order valence-corrected chi connectivity index (χ4v) is 2.95. The molecular formula is C17H27NO3. The number of para-hydroxylation sites is 1. The summed E-state index contributed by atoms with van der Waals surface area (Å²) in [5.74, 6) is 1.14. The second-order valence-electron chi connectivity index (χ2n) is 5.97. The Morgan fingerprint density at radius 1 is 1.29 bits per heavy atom. The Balaban J connectivity index is 1.72. The van der Waals surface area contributed by atoms with Gasteiger partial charge in [0.25, 0.3) is 0 Å². The zero-order valence-electron chi connectivity index (χ0n) is 12.8. The van der Waals surface area contributed by atoms with Gasteiger partial charge >= 0.3 is 0 Å². The largest absolute Gasteiger partial charge is 0.491 e. The molecule has 4 heteroatoms. The summed E-state index contributed by atoms with van der Waals surface area (Å²) in [6.07, 6.45) is 4.01. The van der Waals surface area contributed by atoms with Gasteiger partial charge < -0.3 is 20.3 Å². The maximum absolute atomic E-state index is 10.0. The Morgan fingerprint density at radius 2 is 2.05 bits per heavy atom. The van der Waals surface area contributed by atoms with E-state index in [1.807, 2.05) is 31.2 Å². The van der Waals surface area contributed by atoms with Gasteiger partial charge in [-0.25, -0.2) is 0 Å². The Bertz CT molecular complexity index is 424. The van der Waals surface area contributed by atoms with E-state index in [1.54, 1.807) is 0 Å². The lowest BCUT2D eigenvalue weighted by Gasteiger charge is -2.31. The normalized spacial score (nSPS) is 23.8. The number of hydrogen-bond acceptors (Lipinski definition) is 4. The van der Waals surface area contributed by atoms with E-state index in [0.29, 0.717) is 18.5 Å². The summed E-state index contributed by atoms with van der Waals surface area (Å²) in [5.41, 5.74) is 1.07. The Labute approximate surface area is 127 Å². The highest BCUT2D eigenvalue weighted by Gasteiger charge is 2.24. The molecule has 3 atom stereocenters. The Hall–Kier alpha value is -1.10. The summed E-state index contributed by atoms with van der Waals surface area (Å²) in [6, 6.07) is 8.13. The molecule has 0 radical (unpaired) electrons. The number of aliphatic hydroxyl groups is 2. The number of aliphatic hydroxyl groups excluding tert-OH is 2. The summed E-state index contributed by atoms with van der Waals surface area (Å²) < 4.78 is 5.65. The van der Waals surface area contributed by atoms with E-state index in [-0.39, 0.29) is 13.2 Å². The predicted octanol–water partition coefficient (Wildman–Crippen LogP) is 1.88. The van der Waals surface area contributed by atoms with Crippen LogP contribution in [0.2, 0.25) is 0 Å². The molecule has 1 aliphatic carbocycles. The lowest BCUT2D eigenvalue weighted by molar-refractivity contribution is 0.0903. The molecule has 0 amide bonds. The summed E-state index contributed by atoms with van der Waals surface area (Å²) in [6.45, 7) is 3.02. The van der Waals surface area contributed by atoms with Crippen LogP contribution in [0.25, 0.3) is 0 Å². The molecule has 0 saturated heterocycles. The fourth-order valence-electron chi connectivity index (χ4n) is 2.95. The van der Waals surface area contributed by atoms with Gasteiger partial charge in [-0.15, -0.1) is 0 Å². The van der Waals surface area contributed by atoms with Crippen molar-refractivity contribution in [2.45, 2.75) is 44.8 Å². The number of benzene rings is 1. The number of hydrogen-bond donors (Lipinski definition) is 3. The van der Waals surface area contributed by atoms with E-state index in [9.17, 15) is 10.2 Å². The molecule has 1 saturated carbocycles. The van der Waals surface area contributed by atoms with Crippen LogP contribution in [0.4, 0.5) is 0 Å². The van der Waals surface area contributed by atoms with Crippen LogP contribution in [-0.2, 0) is 0 Å². The molecule has 21 heavy (non-hydrogen) atoms. The molecule has 118 valence electrons. The third kappa shape index (κ3) is 4.99. The number of ether oxygens (including phenoxy) is 1. The van der Waals surface area contributed by atoms with Gasteiger partial charge in [-0.2, -0.15) is 0 Å². The van der Waals surface area contributed by atoms with Crippen molar-refractivity contribution in [1.82, 2.24) is 5.32 Å². The number of nitrogens with one attached hydrogen (secondary N) is 1. The standard InChI is InChI=1S/C17H27NO3/c1-13-6-2-5-9-17(13)21-12-15(20)10-18-16-8-4-3-7-14(16)11-19/h2,5-6,9,14-16,18-20H,3-4,7-8,10-12H2,1H3. The summed E-state index contributed by atoms with van der Waals surface area (Å²) >= 11 is 0. The number of aryl methyl sites for hydroxylation is 1. The van der Waals surface area contributed by atoms with Crippen LogP contribution < -0.4 is 10.1 Å². The number of rotatable bonds is 7. The van der Waals surface area contributed by atoms with Crippen LogP contribution in [0.3, 0.4) is 0 Å². The quantitative estimate of drug-likeness (QED) is 0.718. The predicted molar refractivity (Wildman–Crippen MR) is 83.5 cm³/mol. The van der Waals surface area contributed by atoms with Gasteiger partial charge in [-0.3, -0.25) is 0 Å². The lowest BCUT2D eigenvalue weighted by atomic mass is 9.85.